The number of unbranched alkanes of at least 4 members (excludes halogenated alkanes) is 1. The molecule has 0 aromatic carbocycles. The molecule has 0 saturated heterocycles. The van der Waals surface area contributed by atoms with Gasteiger partial charge < -0.3 is 0 Å². The van der Waals surface area contributed by atoms with E-state index in [1.165, 1.54) is 37.7 Å². The first-order valence-electron chi connectivity index (χ1n) is 4.96. The van der Waals surface area contributed by atoms with Gasteiger partial charge in [0.1, 0.15) is 0 Å². The maximum atomic E-state index is 3.89. The molecule has 0 aromatic heterocycles. The monoisotopic (exact) mass is 166 g/mol. The summed E-state index contributed by atoms with van der Waals surface area (Å²) in [5.74, 6) is 0. The smallest absolute Gasteiger partial charge is 0.0323 e. The van der Waals surface area contributed by atoms with Crippen molar-refractivity contribution in [1.82, 2.24) is 0 Å². The lowest BCUT2D eigenvalue weighted by atomic mass is 10.1. The molecule has 0 bridgehead atoms. The van der Waals surface area contributed by atoms with Gasteiger partial charge in [0.2, 0.25) is 0 Å². The molecule has 0 nitrogen and oxygen atoms in total. The van der Waals surface area contributed by atoms with E-state index in [1.54, 1.807) is 5.57 Å². The number of allylic oxidation sites excluding steroid dienone is 3. The normalized spacial score (nSPS) is 11.8. The highest BCUT2D eigenvalue weighted by molar-refractivity contribution is 4.98. The summed E-state index contributed by atoms with van der Waals surface area (Å²) in [6, 6.07) is 0. The Labute approximate surface area is 77.4 Å². The maximum Gasteiger partial charge on any atom is -0.0323 e. The van der Waals surface area contributed by atoms with Gasteiger partial charge in [0.25, 0.3) is 0 Å². The SMILES string of the molecule is C=C(C)CCC/C=C(\C)CCC. The van der Waals surface area contributed by atoms with Crippen LogP contribution < -0.4 is 0 Å². The van der Waals surface area contributed by atoms with Crippen molar-refractivity contribution in [1.29, 1.82) is 0 Å². The Kier molecular flexibility index (Phi) is 6.84. The van der Waals surface area contributed by atoms with Crippen LogP contribution in [0.15, 0.2) is 23.8 Å². The van der Waals surface area contributed by atoms with Crippen molar-refractivity contribution < 1.29 is 0 Å². The number of rotatable bonds is 6. The summed E-state index contributed by atoms with van der Waals surface area (Å²) in [5.41, 5.74) is 2.84. The predicted octanol–water partition coefficient (Wildman–Crippen LogP) is 4.48. The quantitative estimate of drug-likeness (QED) is 0.403. The van der Waals surface area contributed by atoms with Gasteiger partial charge in [-0.3, -0.25) is 0 Å². The minimum Gasteiger partial charge on any atom is -0.100 e. The highest BCUT2D eigenvalue weighted by Crippen LogP contribution is 2.09. The largest absolute Gasteiger partial charge is 0.100 e. The Hall–Kier alpha value is -0.520. The summed E-state index contributed by atoms with van der Waals surface area (Å²) < 4.78 is 0. The molecule has 0 spiro atoms. The molecule has 0 atom stereocenters. The van der Waals surface area contributed by atoms with Gasteiger partial charge in [-0.05, 0) is 39.5 Å². The third kappa shape index (κ3) is 7.59. The van der Waals surface area contributed by atoms with Crippen molar-refractivity contribution in [3.8, 4) is 0 Å². The van der Waals surface area contributed by atoms with Crippen LogP contribution in [0.5, 0.6) is 0 Å². The molecule has 12 heavy (non-hydrogen) atoms. The lowest BCUT2D eigenvalue weighted by Gasteiger charge is -1.98. The van der Waals surface area contributed by atoms with Crippen molar-refractivity contribution in [3.63, 3.8) is 0 Å². The first kappa shape index (κ1) is 11.5. The molecule has 0 radical (unpaired) electrons. The van der Waals surface area contributed by atoms with E-state index in [0.717, 1.165) is 0 Å². The second-order valence-electron chi connectivity index (χ2n) is 3.65. The van der Waals surface area contributed by atoms with Crippen LogP contribution in [0.2, 0.25) is 0 Å². The van der Waals surface area contributed by atoms with Gasteiger partial charge in [-0.1, -0.05) is 30.6 Å². The molecule has 0 saturated carbocycles. The van der Waals surface area contributed by atoms with Crippen molar-refractivity contribution in [2.75, 3.05) is 0 Å². The molecule has 0 unspecified atom stereocenters. The average Bonchev–Trinajstić information content (AvgIpc) is 1.98. The second-order valence-corrected chi connectivity index (χ2v) is 3.65. The Balaban J connectivity index is 3.39. The molecular weight excluding hydrogens is 144 g/mol. The summed E-state index contributed by atoms with van der Waals surface area (Å²) in [6.45, 7) is 10.4. The highest BCUT2D eigenvalue weighted by atomic mass is 13.9. The molecule has 0 heteroatoms. The summed E-state index contributed by atoms with van der Waals surface area (Å²) in [5, 5.41) is 0. The van der Waals surface area contributed by atoms with Crippen molar-refractivity contribution in [2.24, 2.45) is 0 Å². The van der Waals surface area contributed by atoms with Crippen LogP contribution in [0.1, 0.15) is 52.9 Å². The Morgan fingerprint density at radius 1 is 1.25 bits per heavy atom. The third-order valence-electron chi connectivity index (χ3n) is 1.94. The molecule has 0 aromatic rings. The molecule has 0 rings (SSSR count). The van der Waals surface area contributed by atoms with Crippen molar-refractivity contribution in [3.05, 3.63) is 23.8 Å². The standard InChI is InChI=1S/C12H22/c1-5-8-12(4)10-7-6-9-11(2)3/h10H,2,5-9H2,1,3-4H3/b12-10+. The molecule has 0 N–H and O–H groups in total. The van der Waals surface area contributed by atoms with Crippen LogP contribution in [0.25, 0.3) is 0 Å². The van der Waals surface area contributed by atoms with Crippen LogP contribution in [-0.4, -0.2) is 0 Å². The molecule has 0 heterocycles. The van der Waals surface area contributed by atoms with E-state index in [1.807, 2.05) is 0 Å². The van der Waals surface area contributed by atoms with Gasteiger partial charge in [0.15, 0.2) is 0 Å². The van der Waals surface area contributed by atoms with Crippen LogP contribution >= 0.6 is 0 Å². The zero-order chi connectivity index (χ0) is 9.40. The molecule has 0 fully saturated rings. The van der Waals surface area contributed by atoms with E-state index in [0.29, 0.717) is 0 Å². The zero-order valence-corrected chi connectivity index (χ0v) is 8.82. The highest BCUT2D eigenvalue weighted by Gasteiger charge is 1.88. The maximum absolute atomic E-state index is 3.89. The Bertz CT molecular complexity index is 151. The minimum absolute atomic E-state index is 1.18. The van der Waals surface area contributed by atoms with Crippen LogP contribution in [-0.2, 0) is 0 Å². The first-order valence-corrected chi connectivity index (χ1v) is 4.96. The fourth-order valence-electron chi connectivity index (χ4n) is 1.25. The van der Waals surface area contributed by atoms with Crippen molar-refractivity contribution in [2.45, 2.75) is 52.9 Å². The summed E-state index contributed by atoms with van der Waals surface area (Å²) >= 11 is 0. The van der Waals surface area contributed by atoms with Crippen LogP contribution in [0, 0.1) is 0 Å². The van der Waals surface area contributed by atoms with E-state index in [9.17, 15) is 0 Å². The van der Waals surface area contributed by atoms with Crippen molar-refractivity contribution >= 4 is 0 Å². The Morgan fingerprint density at radius 3 is 2.42 bits per heavy atom. The fourth-order valence-corrected chi connectivity index (χ4v) is 1.25. The molecular formula is C12H22. The lowest BCUT2D eigenvalue weighted by Crippen LogP contribution is -1.78. The summed E-state index contributed by atoms with van der Waals surface area (Å²) in [6.07, 6.45) is 8.55. The fraction of sp³-hybridized carbons (Fsp3) is 0.667. The van der Waals surface area contributed by atoms with Crippen LogP contribution in [0.3, 0.4) is 0 Å². The number of hydrogen-bond donors (Lipinski definition) is 0. The summed E-state index contributed by atoms with van der Waals surface area (Å²) in [7, 11) is 0. The Morgan fingerprint density at radius 2 is 1.92 bits per heavy atom. The molecule has 0 aliphatic heterocycles. The zero-order valence-electron chi connectivity index (χ0n) is 8.82. The minimum atomic E-state index is 1.18. The van der Waals surface area contributed by atoms with Gasteiger partial charge in [0, 0.05) is 0 Å². The predicted molar refractivity (Wildman–Crippen MR) is 57.3 cm³/mol. The molecule has 0 amide bonds. The molecule has 0 aliphatic carbocycles. The average molecular weight is 166 g/mol. The van der Waals surface area contributed by atoms with Gasteiger partial charge in [-0.15, -0.1) is 6.58 Å². The van der Waals surface area contributed by atoms with E-state index < -0.39 is 0 Å². The van der Waals surface area contributed by atoms with Gasteiger partial charge in [-0.2, -0.15) is 0 Å². The first-order chi connectivity index (χ1) is 5.66. The molecule has 0 aliphatic rings. The van der Waals surface area contributed by atoms with E-state index >= 15 is 0 Å². The van der Waals surface area contributed by atoms with Gasteiger partial charge in [0.05, 0.1) is 0 Å². The number of hydrogen-bond acceptors (Lipinski definition) is 0. The molecule has 70 valence electrons. The second kappa shape index (κ2) is 7.15. The van der Waals surface area contributed by atoms with E-state index in [2.05, 4.69) is 33.4 Å². The van der Waals surface area contributed by atoms with Gasteiger partial charge in [-0.25, -0.2) is 0 Å². The van der Waals surface area contributed by atoms with E-state index in [4.69, 9.17) is 0 Å². The van der Waals surface area contributed by atoms with E-state index in [-0.39, 0.29) is 0 Å². The summed E-state index contributed by atoms with van der Waals surface area (Å²) in [4.78, 5) is 0. The van der Waals surface area contributed by atoms with Gasteiger partial charge >= 0.3 is 0 Å². The topological polar surface area (TPSA) is 0 Å². The third-order valence-corrected chi connectivity index (χ3v) is 1.94. The lowest BCUT2D eigenvalue weighted by molar-refractivity contribution is 0.817. The van der Waals surface area contributed by atoms with Crippen LogP contribution in [0.4, 0.5) is 0 Å².